The van der Waals surface area contributed by atoms with Gasteiger partial charge in [-0.25, -0.2) is 4.79 Å². The Balaban J connectivity index is 2.65. The number of hydrogen-bond acceptors (Lipinski definition) is 5. The molecule has 1 aromatic carbocycles. The Kier molecular flexibility index (Phi) is 10.9. The molecule has 6 nitrogen and oxygen atoms in total. The number of carbonyl (C=O) groups is 2. The van der Waals surface area contributed by atoms with Crippen molar-refractivity contribution in [2.45, 2.75) is 38.5 Å². The standard InChI is InChI=1S/C21H31N3O3S2/c1-5-24(6-2)15-14-22-20(28)29-21(3,4)18(19(26)27)23-17(25)13-12-16-10-8-7-9-11-16/h7-13,18H,5-6,14-15H2,1-4H3,(H,22,28)(H,23,25)(H,26,27)/t18-/m1/s1. The lowest BCUT2D eigenvalue weighted by Gasteiger charge is -2.31. The highest BCUT2D eigenvalue weighted by Crippen LogP contribution is 2.29. The van der Waals surface area contributed by atoms with Crippen LogP contribution in [0.1, 0.15) is 33.3 Å². The number of carboxylic acid groups (broad SMARTS) is 1. The second-order valence-electron chi connectivity index (χ2n) is 6.97. The highest BCUT2D eigenvalue weighted by molar-refractivity contribution is 8.23. The van der Waals surface area contributed by atoms with Crippen LogP contribution in [0.5, 0.6) is 0 Å². The molecule has 0 spiro atoms. The summed E-state index contributed by atoms with van der Waals surface area (Å²) in [4.78, 5) is 26.3. The third-order valence-electron chi connectivity index (χ3n) is 4.40. The van der Waals surface area contributed by atoms with Gasteiger partial charge in [0.15, 0.2) is 0 Å². The first-order valence-corrected chi connectivity index (χ1v) is 10.9. The van der Waals surface area contributed by atoms with Crippen LogP contribution in [0, 0.1) is 0 Å². The molecule has 0 bridgehead atoms. The smallest absolute Gasteiger partial charge is 0.327 e. The molecule has 0 unspecified atom stereocenters. The molecule has 1 aromatic rings. The predicted molar refractivity (Wildman–Crippen MR) is 125 cm³/mol. The molecule has 0 radical (unpaired) electrons. The van der Waals surface area contributed by atoms with Crippen molar-refractivity contribution in [3.63, 3.8) is 0 Å². The Morgan fingerprint density at radius 2 is 1.86 bits per heavy atom. The van der Waals surface area contributed by atoms with Crippen LogP contribution in [0.25, 0.3) is 6.08 Å². The van der Waals surface area contributed by atoms with Crippen LogP contribution >= 0.6 is 24.0 Å². The van der Waals surface area contributed by atoms with Crippen molar-refractivity contribution in [3.8, 4) is 0 Å². The van der Waals surface area contributed by atoms with Crippen LogP contribution in [-0.4, -0.2) is 63.2 Å². The van der Waals surface area contributed by atoms with E-state index in [2.05, 4.69) is 29.4 Å². The van der Waals surface area contributed by atoms with Crippen molar-refractivity contribution in [3.05, 3.63) is 42.0 Å². The van der Waals surface area contributed by atoms with E-state index < -0.39 is 22.7 Å². The van der Waals surface area contributed by atoms with Crippen molar-refractivity contribution in [1.82, 2.24) is 15.5 Å². The Bertz CT molecular complexity index is 704. The summed E-state index contributed by atoms with van der Waals surface area (Å²) in [6.45, 7) is 11.2. The molecular weight excluding hydrogens is 406 g/mol. The number of thiocarbonyl (C=S) groups is 1. The first-order valence-electron chi connectivity index (χ1n) is 9.65. The average molecular weight is 438 g/mol. The van der Waals surface area contributed by atoms with Gasteiger partial charge in [-0.3, -0.25) is 4.79 Å². The van der Waals surface area contributed by atoms with E-state index >= 15 is 0 Å². The van der Waals surface area contributed by atoms with Crippen LogP contribution in [-0.2, 0) is 9.59 Å². The summed E-state index contributed by atoms with van der Waals surface area (Å²) in [6.07, 6.45) is 2.99. The predicted octanol–water partition coefficient (Wildman–Crippen LogP) is 3.00. The molecule has 0 aliphatic heterocycles. The number of aliphatic carboxylic acids is 1. The van der Waals surface area contributed by atoms with Crippen molar-refractivity contribution in [2.75, 3.05) is 26.2 Å². The number of carbonyl (C=O) groups excluding carboxylic acids is 1. The minimum atomic E-state index is -1.10. The second-order valence-corrected chi connectivity index (χ2v) is 9.30. The van der Waals surface area contributed by atoms with E-state index in [1.807, 2.05) is 30.3 Å². The monoisotopic (exact) mass is 437 g/mol. The van der Waals surface area contributed by atoms with Crippen LogP contribution in [0.3, 0.4) is 0 Å². The van der Waals surface area contributed by atoms with E-state index in [-0.39, 0.29) is 0 Å². The van der Waals surface area contributed by atoms with Gasteiger partial charge >= 0.3 is 5.97 Å². The number of carboxylic acids is 1. The molecule has 160 valence electrons. The minimum Gasteiger partial charge on any atom is -0.480 e. The largest absolute Gasteiger partial charge is 0.480 e. The number of rotatable bonds is 11. The highest BCUT2D eigenvalue weighted by atomic mass is 32.2. The SMILES string of the molecule is CCN(CC)CCNC(=S)SC(C)(C)[C@H](NC(=O)C=Cc1ccccc1)C(=O)O. The van der Waals surface area contributed by atoms with E-state index in [1.54, 1.807) is 19.9 Å². The lowest BCUT2D eigenvalue weighted by Crippen LogP contribution is -2.53. The van der Waals surface area contributed by atoms with Gasteiger partial charge in [-0.05, 0) is 38.6 Å². The van der Waals surface area contributed by atoms with Gasteiger partial charge < -0.3 is 20.6 Å². The molecule has 0 aliphatic carbocycles. The third-order valence-corrected chi connectivity index (χ3v) is 5.89. The number of nitrogens with zero attached hydrogens (tertiary/aromatic N) is 1. The Morgan fingerprint density at radius 3 is 2.41 bits per heavy atom. The van der Waals surface area contributed by atoms with Gasteiger partial charge in [0.25, 0.3) is 0 Å². The molecule has 0 saturated heterocycles. The van der Waals surface area contributed by atoms with E-state index in [0.29, 0.717) is 10.9 Å². The van der Waals surface area contributed by atoms with Crippen molar-refractivity contribution >= 4 is 46.3 Å². The summed E-state index contributed by atoms with van der Waals surface area (Å²) in [7, 11) is 0. The van der Waals surface area contributed by atoms with E-state index in [4.69, 9.17) is 12.2 Å². The molecule has 3 N–H and O–H groups in total. The molecule has 0 fully saturated rings. The lowest BCUT2D eigenvalue weighted by atomic mass is 10.0. The van der Waals surface area contributed by atoms with Crippen molar-refractivity contribution < 1.29 is 14.7 Å². The van der Waals surface area contributed by atoms with Crippen LogP contribution in [0.15, 0.2) is 36.4 Å². The maximum Gasteiger partial charge on any atom is 0.327 e. The number of likely N-dealkylation sites (N-methyl/N-ethyl adjacent to an activating group) is 1. The van der Waals surface area contributed by atoms with Gasteiger partial charge in [0.2, 0.25) is 5.91 Å². The maximum atomic E-state index is 12.3. The lowest BCUT2D eigenvalue weighted by molar-refractivity contribution is -0.141. The summed E-state index contributed by atoms with van der Waals surface area (Å²) >= 11 is 6.62. The zero-order valence-corrected chi connectivity index (χ0v) is 19.1. The number of amides is 1. The quantitative estimate of drug-likeness (QED) is 0.363. The zero-order chi connectivity index (χ0) is 21.9. The molecule has 1 amide bonds. The van der Waals surface area contributed by atoms with Gasteiger partial charge in [0.05, 0.1) is 0 Å². The summed E-state index contributed by atoms with van der Waals surface area (Å²) in [6, 6.07) is 8.25. The van der Waals surface area contributed by atoms with Gasteiger partial charge in [0.1, 0.15) is 10.4 Å². The third kappa shape index (κ3) is 9.43. The van der Waals surface area contributed by atoms with Crippen molar-refractivity contribution in [2.24, 2.45) is 0 Å². The van der Waals surface area contributed by atoms with E-state index in [1.165, 1.54) is 17.8 Å². The average Bonchev–Trinajstić information content (AvgIpc) is 2.68. The van der Waals surface area contributed by atoms with Crippen molar-refractivity contribution in [1.29, 1.82) is 0 Å². The number of benzene rings is 1. The fourth-order valence-electron chi connectivity index (χ4n) is 2.65. The van der Waals surface area contributed by atoms with Crippen LogP contribution in [0.4, 0.5) is 0 Å². The molecule has 1 atom stereocenters. The Hall–Kier alpha value is -1.90. The summed E-state index contributed by atoms with van der Waals surface area (Å²) in [5.74, 6) is -1.56. The molecule has 0 saturated carbocycles. The van der Waals surface area contributed by atoms with Crippen LogP contribution < -0.4 is 10.6 Å². The first kappa shape index (κ1) is 25.1. The topological polar surface area (TPSA) is 81.7 Å². The fraction of sp³-hybridized carbons (Fsp3) is 0.476. The molecule has 0 aliphatic rings. The zero-order valence-electron chi connectivity index (χ0n) is 17.5. The molecule has 8 heteroatoms. The number of hydrogen-bond donors (Lipinski definition) is 3. The molecule has 1 rings (SSSR count). The molecule has 0 aromatic heterocycles. The number of thioether (sulfide) groups is 1. The maximum absolute atomic E-state index is 12.3. The van der Waals surface area contributed by atoms with E-state index in [9.17, 15) is 14.7 Å². The summed E-state index contributed by atoms with van der Waals surface area (Å²) < 4.78 is -0.316. The van der Waals surface area contributed by atoms with Gasteiger partial charge in [0, 0.05) is 23.9 Å². The molecular formula is C21H31N3O3S2. The van der Waals surface area contributed by atoms with E-state index in [0.717, 1.165) is 25.2 Å². The molecule has 29 heavy (non-hydrogen) atoms. The highest BCUT2D eigenvalue weighted by Gasteiger charge is 2.38. The summed E-state index contributed by atoms with van der Waals surface area (Å²) in [5.41, 5.74) is 0.863. The Labute approximate surface area is 183 Å². The fourth-order valence-corrected chi connectivity index (χ4v) is 4.33. The minimum absolute atomic E-state index is 0.463. The van der Waals surface area contributed by atoms with Gasteiger partial charge in [-0.2, -0.15) is 0 Å². The Morgan fingerprint density at radius 1 is 1.24 bits per heavy atom. The van der Waals surface area contributed by atoms with Gasteiger partial charge in [-0.15, -0.1) is 0 Å². The normalized spacial score (nSPS) is 12.7. The van der Waals surface area contributed by atoms with Crippen LogP contribution in [0.2, 0.25) is 0 Å². The second kappa shape index (κ2) is 12.6. The summed E-state index contributed by atoms with van der Waals surface area (Å²) in [5, 5.41) is 15.4. The number of nitrogens with one attached hydrogen (secondary N) is 2. The molecule has 0 heterocycles. The van der Waals surface area contributed by atoms with Gasteiger partial charge in [-0.1, -0.05) is 68.2 Å². The first-order chi connectivity index (χ1) is 13.7.